The van der Waals surface area contributed by atoms with Gasteiger partial charge in [-0.2, -0.15) is 12.6 Å². The maximum atomic E-state index is 12.3. The topological polar surface area (TPSA) is 179 Å². The Labute approximate surface area is 161 Å². The Hall–Kier alpha value is -2.60. The number of carboxylic acids is 1. The van der Waals surface area contributed by atoms with Gasteiger partial charge in [-0.15, -0.1) is 0 Å². The Morgan fingerprint density at radius 2 is 1.78 bits per heavy atom. The maximum absolute atomic E-state index is 12.3. The van der Waals surface area contributed by atoms with Gasteiger partial charge in [0.1, 0.15) is 18.1 Å². The molecule has 27 heavy (non-hydrogen) atoms. The molecule has 1 aromatic rings. The predicted molar refractivity (Wildman–Crippen MR) is 98.9 cm³/mol. The first-order valence-electron chi connectivity index (χ1n) is 8.13. The number of hydrogen-bond acceptors (Lipinski definition) is 7. The number of carboxylic acid groups (broad SMARTS) is 1. The molecule has 0 spiro atoms. The predicted octanol–water partition coefficient (Wildman–Crippen LogP) is -2.21. The van der Waals surface area contributed by atoms with Crippen LogP contribution in [-0.4, -0.2) is 68.7 Å². The first-order chi connectivity index (χ1) is 12.6. The van der Waals surface area contributed by atoms with Gasteiger partial charge in [-0.1, -0.05) is 0 Å². The number of hydrogen-bond donors (Lipinski definition) is 7. The van der Waals surface area contributed by atoms with Crippen molar-refractivity contribution in [3.8, 4) is 0 Å². The molecular weight excluding hydrogens is 376 g/mol. The van der Waals surface area contributed by atoms with E-state index in [2.05, 4.69) is 38.5 Å². The number of aromatic nitrogens is 2. The number of carbonyl (C=O) groups is 4. The number of nitrogens with two attached hydrogens (primary N) is 1. The summed E-state index contributed by atoms with van der Waals surface area (Å²) < 4.78 is 0. The summed E-state index contributed by atoms with van der Waals surface area (Å²) in [4.78, 5) is 53.9. The molecule has 4 atom stereocenters. The summed E-state index contributed by atoms with van der Waals surface area (Å²) in [5, 5.41) is 16.4. The van der Waals surface area contributed by atoms with Gasteiger partial charge in [-0.3, -0.25) is 14.4 Å². The molecular formula is C15H24N6O5S. The highest BCUT2D eigenvalue weighted by molar-refractivity contribution is 7.80. The van der Waals surface area contributed by atoms with Crippen LogP contribution in [0.15, 0.2) is 12.5 Å². The second kappa shape index (κ2) is 10.5. The summed E-state index contributed by atoms with van der Waals surface area (Å²) in [6.45, 7) is 2.90. The Morgan fingerprint density at radius 3 is 2.26 bits per heavy atom. The molecule has 11 nitrogen and oxygen atoms in total. The summed E-state index contributed by atoms with van der Waals surface area (Å²) >= 11 is 4.02. The van der Waals surface area contributed by atoms with Crippen molar-refractivity contribution in [1.82, 2.24) is 25.9 Å². The molecule has 0 saturated heterocycles. The monoisotopic (exact) mass is 400 g/mol. The lowest BCUT2D eigenvalue weighted by molar-refractivity contribution is -0.142. The van der Waals surface area contributed by atoms with Gasteiger partial charge >= 0.3 is 5.97 Å². The molecule has 0 saturated carbocycles. The van der Waals surface area contributed by atoms with Gasteiger partial charge in [0.2, 0.25) is 17.7 Å². The van der Waals surface area contributed by atoms with Crippen LogP contribution >= 0.6 is 12.6 Å². The SMILES string of the molecule is CC(N)C(=O)NC(C)C(=O)NC(CS)C(=O)NC(Cc1cnc[nH]1)C(=O)O. The summed E-state index contributed by atoms with van der Waals surface area (Å²) in [6, 6.07) is -4.02. The lowest BCUT2D eigenvalue weighted by Gasteiger charge is -2.22. The minimum absolute atomic E-state index is 0.00480. The number of thiol groups is 1. The normalized spacial score (nSPS) is 15.1. The number of nitrogens with zero attached hydrogens (tertiary/aromatic N) is 1. The lowest BCUT2D eigenvalue weighted by atomic mass is 10.1. The summed E-state index contributed by atoms with van der Waals surface area (Å²) in [6.07, 6.45) is 2.84. The first kappa shape index (κ1) is 22.4. The molecule has 12 heteroatoms. The van der Waals surface area contributed by atoms with Crippen molar-refractivity contribution in [2.75, 3.05) is 5.75 Å². The fraction of sp³-hybridized carbons (Fsp3) is 0.533. The zero-order valence-corrected chi connectivity index (χ0v) is 15.8. The number of aromatic amines is 1. The molecule has 1 rings (SSSR count). The van der Waals surface area contributed by atoms with E-state index in [9.17, 15) is 24.3 Å². The van der Waals surface area contributed by atoms with E-state index in [4.69, 9.17) is 5.73 Å². The Bertz CT molecular complexity index is 666. The maximum Gasteiger partial charge on any atom is 0.326 e. The van der Waals surface area contributed by atoms with E-state index in [1.165, 1.54) is 26.4 Å². The molecule has 1 heterocycles. The van der Waals surface area contributed by atoms with Crippen LogP contribution in [0.5, 0.6) is 0 Å². The van der Waals surface area contributed by atoms with Gasteiger partial charge in [0.25, 0.3) is 0 Å². The minimum Gasteiger partial charge on any atom is -0.480 e. The first-order valence-corrected chi connectivity index (χ1v) is 8.76. The third kappa shape index (κ3) is 7.27. The zero-order chi connectivity index (χ0) is 20.6. The number of aliphatic carboxylic acids is 1. The van der Waals surface area contributed by atoms with Crippen molar-refractivity contribution in [3.63, 3.8) is 0 Å². The molecule has 0 aliphatic rings. The van der Waals surface area contributed by atoms with Crippen LogP contribution in [-0.2, 0) is 25.6 Å². The number of imidazole rings is 1. The van der Waals surface area contributed by atoms with Crippen molar-refractivity contribution in [3.05, 3.63) is 18.2 Å². The second-order valence-electron chi connectivity index (χ2n) is 5.94. The average Bonchev–Trinajstić information content (AvgIpc) is 3.11. The van der Waals surface area contributed by atoms with Crippen LogP contribution in [0.1, 0.15) is 19.5 Å². The Balaban J connectivity index is 2.67. The molecule has 7 N–H and O–H groups in total. The molecule has 0 bridgehead atoms. The summed E-state index contributed by atoms with van der Waals surface area (Å²) in [7, 11) is 0. The molecule has 0 radical (unpaired) electrons. The number of amides is 3. The Morgan fingerprint density at radius 1 is 1.15 bits per heavy atom. The largest absolute Gasteiger partial charge is 0.480 e. The molecule has 150 valence electrons. The van der Waals surface area contributed by atoms with Gasteiger partial charge in [-0.25, -0.2) is 9.78 Å². The minimum atomic E-state index is -1.24. The fourth-order valence-corrected chi connectivity index (χ4v) is 2.25. The van der Waals surface area contributed by atoms with Crippen LogP contribution in [0.4, 0.5) is 0 Å². The number of rotatable bonds is 10. The number of H-pyrrole nitrogens is 1. The van der Waals surface area contributed by atoms with E-state index in [-0.39, 0.29) is 12.2 Å². The number of nitrogens with one attached hydrogen (secondary N) is 4. The summed E-state index contributed by atoms with van der Waals surface area (Å²) in [5.74, 6) is -3.16. The highest BCUT2D eigenvalue weighted by Gasteiger charge is 2.28. The molecule has 0 aromatic carbocycles. The molecule has 3 amide bonds. The van der Waals surface area contributed by atoms with E-state index in [1.807, 2.05) is 0 Å². The lowest BCUT2D eigenvalue weighted by Crippen LogP contribution is -2.57. The quantitative estimate of drug-likeness (QED) is 0.217. The van der Waals surface area contributed by atoms with Gasteiger partial charge in [0.05, 0.1) is 12.4 Å². The smallest absolute Gasteiger partial charge is 0.326 e. The standard InChI is InChI=1S/C15H24N6O5S/c1-7(16)12(22)19-8(2)13(23)21-11(5-27)14(24)20-10(15(25)26)3-9-4-17-6-18-9/h4,6-8,10-11,27H,3,5,16H2,1-2H3,(H,17,18)(H,19,22)(H,20,24)(H,21,23)(H,25,26). The van der Waals surface area contributed by atoms with Crippen molar-refractivity contribution in [2.24, 2.45) is 5.73 Å². The van der Waals surface area contributed by atoms with Crippen LogP contribution in [0, 0.1) is 0 Å². The average molecular weight is 400 g/mol. The van der Waals surface area contributed by atoms with E-state index < -0.39 is 47.9 Å². The highest BCUT2D eigenvalue weighted by atomic mass is 32.1. The van der Waals surface area contributed by atoms with Crippen molar-refractivity contribution >= 4 is 36.3 Å². The van der Waals surface area contributed by atoms with Crippen molar-refractivity contribution < 1.29 is 24.3 Å². The fourth-order valence-electron chi connectivity index (χ4n) is 1.99. The zero-order valence-electron chi connectivity index (χ0n) is 14.9. The van der Waals surface area contributed by atoms with Crippen LogP contribution < -0.4 is 21.7 Å². The second-order valence-corrected chi connectivity index (χ2v) is 6.31. The highest BCUT2D eigenvalue weighted by Crippen LogP contribution is 2.01. The van der Waals surface area contributed by atoms with E-state index in [0.717, 1.165) is 0 Å². The molecule has 1 aromatic heterocycles. The molecule has 0 fully saturated rings. The third-order valence-corrected chi connectivity index (χ3v) is 3.94. The van der Waals surface area contributed by atoms with Crippen molar-refractivity contribution in [2.45, 2.75) is 44.4 Å². The third-order valence-electron chi connectivity index (χ3n) is 3.57. The van der Waals surface area contributed by atoms with Gasteiger partial charge in [-0.05, 0) is 13.8 Å². The number of carbonyl (C=O) groups excluding carboxylic acids is 3. The van der Waals surface area contributed by atoms with Crippen LogP contribution in [0.25, 0.3) is 0 Å². The Kier molecular flexibility index (Phi) is 8.75. The van der Waals surface area contributed by atoms with Gasteiger partial charge < -0.3 is 31.8 Å². The van der Waals surface area contributed by atoms with E-state index >= 15 is 0 Å². The van der Waals surface area contributed by atoms with Crippen LogP contribution in [0.3, 0.4) is 0 Å². The van der Waals surface area contributed by atoms with E-state index in [1.54, 1.807) is 0 Å². The molecule has 4 unspecified atom stereocenters. The van der Waals surface area contributed by atoms with Crippen molar-refractivity contribution in [1.29, 1.82) is 0 Å². The summed E-state index contributed by atoms with van der Waals surface area (Å²) in [5.41, 5.74) is 5.95. The molecule has 0 aliphatic heterocycles. The van der Waals surface area contributed by atoms with Crippen LogP contribution in [0.2, 0.25) is 0 Å². The molecule has 0 aliphatic carbocycles. The van der Waals surface area contributed by atoms with Gasteiger partial charge in [0, 0.05) is 24.1 Å². The van der Waals surface area contributed by atoms with E-state index in [0.29, 0.717) is 5.69 Å². The van der Waals surface area contributed by atoms with Gasteiger partial charge in [0.15, 0.2) is 0 Å².